The molecule has 0 aliphatic heterocycles. The molecule has 0 spiro atoms. The number of nitrogens with two attached hydrogens (primary N) is 1. The molecule has 14 heavy (non-hydrogen) atoms. The summed E-state index contributed by atoms with van der Waals surface area (Å²) in [5.74, 6) is 1.54. The molecule has 1 aliphatic carbocycles. The third kappa shape index (κ3) is 4.33. The van der Waals surface area contributed by atoms with Crippen molar-refractivity contribution in [3.8, 4) is 0 Å². The molecule has 0 heterocycles. The van der Waals surface area contributed by atoms with E-state index in [-0.39, 0.29) is 0 Å². The van der Waals surface area contributed by atoms with Gasteiger partial charge in [0.25, 0.3) is 0 Å². The van der Waals surface area contributed by atoms with E-state index in [2.05, 4.69) is 0 Å². The lowest BCUT2D eigenvalue weighted by atomic mass is 9.91. The summed E-state index contributed by atoms with van der Waals surface area (Å²) in [7, 11) is 0. The highest BCUT2D eigenvalue weighted by molar-refractivity contribution is 7.99. The van der Waals surface area contributed by atoms with Gasteiger partial charge in [-0.05, 0) is 24.5 Å². The van der Waals surface area contributed by atoms with Crippen LogP contribution in [0.4, 0.5) is 0 Å². The molecule has 0 amide bonds. The Kier molecular flexibility index (Phi) is 5.33. The van der Waals surface area contributed by atoms with E-state index in [1.54, 1.807) is 11.8 Å². The lowest BCUT2D eigenvalue weighted by Crippen LogP contribution is -2.32. The van der Waals surface area contributed by atoms with Crippen molar-refractivity contribution < 1.29 is 9.90 Å². The highest BCUT2D eigenvalue weighted by Gasteiger charge is 2.15. The summed E-state index contributed by atoms with van der Waals surface area (Å²) < 4.78 is 0. The molecule has 3 nitrogen and oxygen atoms in total. The van der Waals surface area contributed by atoms with Crippen LogP contribution in [0.5, 0.6) is 0 Å². The summed E-state index contributed by atoms with van der Waals surface area (Å²) in [5, 5.41) is 8.58. The molecule has 0 radical (unpaired) electrons. The van der Waals surface area contributed by atoms with Gasteiger partial charge >= 0.3 is 5.97 Å². The number of hydrogen-bond acceptors (Lipinski definition) is 3. The number of carbonyl (C=O) groups is 1. The first-order valence-electron chi connectivity index (χ1n) is 5.26. The Hall–Kier alpha value is -0.220. The van der Waals surface area contributed by atoms with Gasteiger partial charge in [-0.3, -0.25) is 4.79 Å². The van der Waals surface area contributed by atoms with E-state index < -0.39 is 12.0 Å². The van der Waals surface area contributed by atoms with Crippen molar-refractivity contribution in [3.05, 3.63) is 0 Å². The maximum atomic E-state index is 10.4. The fourth-order valence-electron chi connectivity index (χ4n) is 1.79. The predicted octanol–water partition coefficient (Wildman–Crippen LogP) is 1.71. The molecule has 1 saturated carbocycles. The number of thioether (sulfide) groups is 1. The van der Waals surface area contributed by atoms with E-state index in [4.69, 9.17) is 10.8 Å². The summed E-state index contributed by atoms with van der Waals surface area (Å²) in [4.78, 5) is 10.4. The fraction of sp³-hybridized carbons (Fsp3) is 0.900. The van der Waals surface area contributed by atoms with Crippen molar-refractivity contribution in [1.29, 1.82) is 0 Å². The van der Waals surface area contributed by atoms with Gasteiger partial charge in [0, 0.05) is 5.75 Å². The van der Waals surface area contributed by atoms with E-state index in [1.165, 1.54) is 32.1 Å². The zero-order valence-corrected chi connectivity index (χ0v) is 9.26. The van der Waals surface area contributed by atoms with Crippen molar-refractivity contribution in [2.45, 2.75) is 38.1 Å². The number of carboxylic acid groups (broad SMARTS) is 1. The van der Waals surface area contributed by atoms with Crippen LogP contribution in [-0.4, -0.2) is 28.6 Å². The van der Waals surface area contributed by atoms with Crippen LogP contribution in [0.25, 0.3) is 0 Å². The molecule has 0 aromatic carbocycles. The molecular formula is C10H19NO2S. The van der Waals surface area contributed by atoms with Crippen molar-refractivity contribution in [2.24, 2.45) is 11.7 Å². The Bertz CT molecular complexity index is 181. The van der Waals surface area contributed by atoms with Crippen molar-refractivity contribution >= 4 is 17.7 Å². The molecule has 0 bridgehead atoms. The normalized spacial score (nSPS) is 20.6. The summed E-state index contributed by atoms with van der Waals surface area (Å²) in [6.07, 6.45) is 6.69. The average Bonchev–Trinajstić information content (AvgIpc) is 2.19. The first-order chi connectivity index (χ1) is 6.70. The molecule has 4 heteroatoms. The molecule has 1 unspecified atom stereocenters. The zero-order chi connectivity index (χ0) is 10.4. The van der Waals surface area contributed by atoms with Crippen molar-refractivity contribution in [1.82, 2.24) is 0 Å². The highest BCUT2D eigenvalue weighted by atomic mass is 32.2. The molecule has 1 atom stereocenters. The third-order valence-electron chi connectivity index (χ3n) is 2.69. The molecule has 0 aromatic heterocycles. The number of hydrogen-bond donors (Lipinski definition) is 2. The van der Waals surface area contributed by atoms with Crippen LogP contribution in [0.2, 0.25) is 0 Å². The molecule has 3 N–H and O–H groups in total. The van der Waals surface area contributed by atoms with Crippen LogP contribution in [0.15, 0.2) is 0 Å². The van der Waals surface area contributed by atoms with Crippen LogP contribution in [0.3, 0.4) is 0 Å². The molecule has 82 valence electrons. The second-order valence-electron chi connectivity index (χ2n) is 3.99. The smallest absolute Gasteiger partial charge is 0.321 e. The predicted molar refractivity (Wildman–Crippen MR) is 59.5 cm³/mol. The summed E-state index contributed by atoms with van der Waals surface area (Å²) in [5.41, 5.74) is 5.41. The lowest BCUT2D eigenvalue weighted by Gasteiger charge is -2.21. The van der Waals surface area contributed by atoms with Crippen LogP contribution in [-0.2, 0) is 4.79 Å². The molecule has 1 fully saturated rings. The first kappa shape index (κ1) is 11.9. The van der Waals surface area contributed by atoms with E-state index in [0.717, 1.165) is 11.7 Å². The Morgan fingerprint density at radius 3 is 2.64 bits per heavy atom. The second kappa shape index (κ2) is 6.30. The molecule has 1 aliphatic rings. The largest absolute Gasteiger partial charge is 0.480 e. The van der Waals surface area contributed by atoms with Gasteiger partial charge in [0.1, 0.15) is 6.04 Å². The van der Waals surface area contributed by atoms with Crippen LogP contribution in [0.1, 0.15) is 32.1 Å². The quantitative estimate of drug-likeness (QED) is 0.736. The van der Waals surface area contributed by atoms with E-state index in [1.807, 2.05) is 0 Å². The minimum Gasteiger partial charge on any atom is -0.480 e. The standard InChI is InChI=1S/C10H19NO2S/c11-9(10(12)13)7-14-6-8-4-2-1-3-5-8/h8-9H,1-7,11H2,(H,12,13). The Morgan fingerprint density at radius 1 is 1.43 bits per heavy atom. The minimum absolute atomic E-state index is 0.547. The topological polar surface area (TPSA) is 63.3 Å². The molecular weight excluding hydrogens is 198 g/mol. The minimum atomic E-state index is -0.888. The lowest BCUT2D eigenvalue weighted by molar-refractivity contribution is -0.137. The van der Waals surface area contributed by atoms with Crippen LogP contribution in [0, 0.1) is 5.92 Å². The third-order valence-corrected chi connectivity index (χ3v) is 3.99. The van der Waals surface area contributed by atoms with E-state index >= 15 is 0 Å². The maximum Gasteiger partial charge on any atom is 0.321 e. The molecule has 1 rings (SSSR count). The molecule has 0 saturated heterocycles. The number of carboxylic acids is 1. The van der Waals surface area contributed by atoms with Gasteiger partial charge in [-0.1, -0.05) is 19.3 Å². The first-order valence-corrected chi connectivity index (χ1v) is 6.41. The van der Waals surface area contributed by atoms with Crippen molar-refractivity contribution in [3.63, 3.8) is 0 Å². The van der Waals surface area contributed by atoms with Gasteiger partial charge in [0.15, 0.2) is 0 Å². The summed E-state index contributed by atoms with van der Waals surface area (Å²) in [6.45, 7) is 0. The summed E-state index contributed by atoms with van der Waals surface area (Å²) in [6, 6.07) is -0.691. The van der Waals surface area contributed by atoms with Crippen LogP contribution >= 0.6 is 11.8 Å². The highest BCUT2D eigenvalue weighted by Crippen LogP contribution is 2.26. The molecule has 0 aromatic rings. The van der Waals surface area contributed by atoms with Gasteiger partial charge in [-0.25, -0.2) is 0 Å². The summed E-state index contributed by atoms with van der Waals surface area (Å²) >= 11 is 1.69. The van der Waals surface area contributed by atoms with Gasteiger partial charge in [0.05, 0.1) is 0 Å². The van der Waals surface area contributed by atoms with Gasteiger partial charge < -0.3 is 10.8 Å². The van der Waals surface area contributed by atoms with Crippen LogP contribution < -0.4 is 5.73 Å². The maximum absolute atomic E-state index is 10.4. The fourth-order valence-corrected chi connectivity index (χ4v) is 2.99. The SMILES string of the molecule is NC(CSCC1CCCCC1)C(=O)O. The number of rotatable bonds is 5. The van der Waals surface area contributed by atoms with E-state index in [0.29, 0.717) is 5.75 Å². The second-order valence-corrected chi connectivity index (χ2v) is 5.06. The monoisotopic (exact) mass is 217 g/mol. The zero-order valence-electron chi connectivity index (χ0n) is 8.45. The Labute approximate surface area is 89.4 Å². The average molecular weight is 217 g/mol. The Morgan fingerprint density at radius 2 is 2.07 bits per heavy atom. The van der Waals surface area contributed by atoms with Gasteiger partial charge in [-0.2, -0.15) is 11.8 Å². The number of aliphatic carboxylic acids is 1. The van der Waals surface area contributed by atoms with E-state index in [9.17, 15) is 4.79 Å². The van der Waals surface area contributed by atoms with Crippen molar-refractivity contribution in [2.75, 3.05) is 11.5 Å². The van der Waals surface area contributed by atoms with Gasteiger partial charge in [0.2, 0.25) is 0 Å². The van der Waals surface area contributed by atoms with Gasteiger partial charge in [-0.15, -0.1) is 0 Å². The Balaban J connectivity index is 2.05.